The van der Waals surface area contributed by atoms with Crippen molar-refractivity contribution in [2.24, 2.45) is 0 Å². The van der Waals surface area contributed by atoms with Crippen molar-refractivity contribution < 1.29 is 114 Å². The van der Waals surface area contributed by atoms with E-state index < -0.39 is 164 Å². The quantitative estimate of drug-likeness (QED) is 0.0691. The topological polar surface area (TPSA) is 392 Å². The maximum Gasteiger partial charge on any atom is 0.308 e. The van der Waals surface area contributed by atoms with Gasteiger partial charge >= 0.3 is 11.9 Å². The van der Waals surface area contributed by atoms with Crippen molar-refractivity contribution in [3.05, 3.63) is 46.6 Å². The van der Waals surface area contributed by atoms with Gasteiger partial charge in [-0.1, -0.05) is 0 Å². The molecule has 3 fully saturated rings. The second kappa shape index (κ2) is 19.1. The molecule has 3 aromatic rings. The monoisotopic (exact) mass is 900 g/mol. The predicted molar refractivity (Wildman–Crippen MR) is 203 cm³/mol. The van der Waals surface area contributed by atoms with Crippen LogP contribution in [0.4, 0.5) is 0 Å². The number of aliphatic hydroxyl groups is 10. The van der Waals surface area contributed by atoms with Crippen LogP contribution in [-0.2, 0) is 33.3 Å². The molecule has 0 bridgehead atoms. The number of ether oxygens (including phenoxy) is 7. The minimum Gasteiger partial charge on any atom is -0.508 e. The highest BCUT2D eigenvalue weighted by Gasteiger charge is 2.52. The molecule has 3 aliphatic rings. The zero-order valence-electron chi connectivity index (χ0n) is 33.3. The van der Waals surface area contributed by atoms with Crippen LogP contribution in [-0.4, -0.2) is 189 Å². The van der Waals surface area contributed by atoms with Gasteiger partial charge in [0.2, 0.25) is 23.8 Å². The summed E-state index contributed by atoms with van der Waals surface area (Å²) in [4.78, 5) is 38.3. The van der Waals surface area contributed by atoms with Gasteiger partial charge in [-0.25, -0.2) is 0 Å². The van der Waals surface area contributed by atoms with Crippen molar-refractivity contribution in [2.75, 3.05) is 13.2 Å². The van der Waals surface area contributed by atoms with Crippen LogP contribution >= 0.6 is 0 Å². The van der Waals surface area contributed by atoms with E-state index in [9.17, 15) is 75.7 Å². The standard InChI is InChI=1S/C39H48O24/c1-13-24(46)28(50)31(53)36(57-13)58-16-7-17(42)23-18(8-16)59-33(14-3-5-15(41)6-4-14)34(27(23)49)62-38-35(63-37-32(54)29(51)25(47)19(11-40)60-37)30(52)26(48)20(61-38)12-56-22(45)10-39(2,55)9-21(43)44/h3-8,13,19-20,24-26,28-32,35-38,40-42,46-48,50-55H,9-12H2,1-2H3,(H,43,44). The molecule has 0 aliphatic carbocycles. The highest BCUT2D eigenvalue weighted by Crippen LogP contribution is 2.39. The molecule has 0 saturated carbocycles. The van der Waals surface area contributed by atoms with Crippen molar-refractivity contribution in [3.63, 3.8) is 0 Å². The Bertz CT molecular complexity index is 2140. The summed E-state index contributed by atoms with van der Waals surface area (Å²) in [6, 6.07) is 6.96. The minimum atomic E-state index is -2.17. The van der Waals surface area contributed by atoms with E-state index in [-0.39, 0.29) is 22.6 Å². The molecule has 0 amide bonds. The zero-order chi connectivity index (χ0) is 46.2. The first-order chi connectivity index (χ1) is 29.6. The largest absolute Gasteiger partial charge is 0.508 e. The van der Waals surface area contributed by atoms with Crippen LogP contribution in [0, 0.1) is 0 Å². The number of aromatic hydroxyl groups is 2. The van der Waals surface area contributed by atoms with Crippen LogP contribution in [0.5, 0.6) is 23.0 Å². The SMILES string of the molecule is CC1OC(Oc2cc(O)c3c(=O)c(OC4OC(COC(=O)CC(C)(O)CC(=O)O)C(O)C(O)C4OC4OC(CO)C(O)C(O)C4O)c(-c4ccc(O)cc4)oc3c2)C(O)C(O)C1O. The fraction of sp³-hybridized carbons (Fsp3) is 0.564. The average Bonchev–Trinajstić information content (AvgIpc) is 3.21. The van der Waals surface area contributed by atoms with Crippen LogP contribution in [0.1, 0.15) is 26.7 Å². The van der Waals surface area contributed by atoms with Crippen molar-refractivity contribution in [3.8, 4) is 34.3 Å². The molecule has 1 aromatic heterocycles. The number of benzene rings is 2. The first kappa shape index (κ1) is 47.7. The smallest absolute Gasteiger partial charge is 0.308 e. The lowest BCUT2D eigenvalue weighted by Gasteiger charge is -2.45. The lowest BCUT2D eigenvalue weighted by Crippen LogP contribution is -2.65. The van der Waals surface area contributed by atoms with Crippen LogP contribution in [0.3, 0.4) is 0 Å². The Morgan fingerprint density at radius 3 is 2.02 bits per heavy atom. The van der Waals surface area contributed by atoms with Gasteiger partial charge in [-0.15, -0.1) is 0 Å². The van der Waals surface area contributed by atoms with Gasteiger partial charge < -0.3 is 104 Å². The third-order valence-electron chi connectivity index (χ3n) is 10.6. The fourth-order valence-corrected chi connectivity index (χ4v) is 7.14. The number of rotatable bonds is 14. The number of hydrogen-bond acceptors (Lipinski definition) is 23. The molecule has 24 nitrogen and oxygen atoms in total. The Morgan fingerprint density at radius 2 is 1.37 bits per heavy atom. The van der Waals surface area contributed by atoms with Crippen molar-refractivity contribution in [1.82, 2.24) is 0 Å². The molecule has 13 N–H and O–H groups in total. The maximum atomic E-state index is 14.5. The summed E-state index contributed by atoms with van der Waals surface area (Å²) in [5.41, 5.74) is -3.58. The van der Waals surface area contributed by atoms with E-state index in [1.807, 2.05) is 0 Å². The number of hydrogen-bond donors (Lipinski definition) is 13. The Morgan fingerprint density at radius 1 is 0.746 bits per heavy atom. The Labute approximate surface area is 354 Å². The van der Waals surface area contributed by atoms with Gasteiger partial charge in [-0.05, 0) is 38.1 Å². The molecular formula is C39H48O24. The summed E-state index contributed by atoms with van der Waals surface area (Å²) in [6.45, 7) is 0.663. The summed E-state index contributed by atoms with van der Waals surface area (Å²) in [5.74, 6) is -5.15. The number of carbonyl (C=O) groups excluding carboxylic acids is 1. The Balaban J connectivity index is 1.39. The Kier molecular flexibility index (Phi) is 14.5. The van der Waals surface area contributed by atoms with Crippen molar-refractivity contribution in [1.29, 1.82) is 0 Å². The normalized spacial score (nSPS) is 34.5. The van der Waals surface area contributed by atoms with E-state index in [1.54, 1.807) is 0 Å². The van der Waals surface area contributed by atoms with E-state index in [2.05, 4.69) is 0 Å². The lowest BCUT2D eigenvalue weighted by atomic mass is 9.97. The highest BCUT2D eigenvalue weighted by atomic mass is 16.8. The Hall–Kier alpha value is -4.77. The first-order valence-corrected chi connectivity index (χ1v) is 19.3. The minimum absolute atomic E-state index is 0.0197. The van der Waals surface area contributed by atoms with E-state index in [1.165, 1.54) is 31.2 Å². The lowest BCUT2D eigenvalue weighted by molar-refractivity contribution is -0.358. The van der Waals surface area contributed by atoms with E-state index >= 15 is 0 Å². The summed E-state index contributed by atoms with van der Waals surface area (Å²) in [6.07, 6.45) is -28.8. The molecule has 16 atom stereocenters. The number of phenolic OH excluding ortho intramolecular Hbond substituents is 2. The number of fused-ring (bicyclic) bond motifs is 1. The zero-order valence-corrected chi connectivity index (χ0v) is 33.3. The van der Waals surface area contributed by atoms with Gasteiger partial charge in [-0.3, -0.25) is 14.4 Å². The molecule has 16 unspecified atom stereocenters. The van der Waals surface area contributed by atoms with Gasteiger partial charge in [0.15, 0.2) is 18.2 Å². The van der Waals surface area contributed by atoms with Crippen LogP contribution < -0.4 is 14.9 Å². The molecule has 0 radical (unpaired) electrons. The number of aliphatic carboxylic acids is 1. The van der Waals surface area contributed by atoms with E-state index in [0.29, 0.717) is 0 Å². The first-order valence-electron chi connectivity index (χ1n) is 19.3. The van der Waals surface area contributed by atoms with Crippen molar-refractivity contribution in [2.45, 2.75) is 124 Å². The fourth-order valence-electron chi connectivity index (χ4n) is 7.14. The third-order valence-corrected chi connectivity index (χ3v) is 10.6. The number of carbonyl (C=O) groups is 2. The molecule has 3 saturated heterocycles. The van der Waals surface area contributed by atoms with Crippen LogP contribution in [0.2, 0.25) is 0 Å². The molecule has 63 heavy (non-hydrogen) atoms. The molecule has 3 aliphatic heterocycles. The molecule has 24 heteroatoms. The predicted octanol–water partition coefficient (Wildman–Crippen LogP) is -3.75. The molecule has 0 spiro atoms. The highest BCUT2D eigenvalue weighted by molar-refractivity contribution is 5.88. The second-order valence-electron chi connectivity index (χ2n) is 15.6. The van der Waals surface area contributed by atoms with Crippen molar-refractivity contribution >= 4 is 22.9 Å². The number of phenols is 2. The van der Waals surface area contributed by atoms with Crippen LogP contribution in [0.15, 0.2) is 45.6 Å². The van der Waals surface area contributed by atoms with Gasteiger partial charge in [0.1, 0.15) is 95.9 Å². The number of carboxylic acids is 1. The summed E-state index contributed by atoms with van der Waals surface area (Å²) >= 11 is 0. The maximum absolute atomic E-state index is 14.5. The number of aliphatic hydroxyl groups excluding tert-OH is 9. The van der Waals surface area contributed by atoms with Crippen LogP contribution in [0.25, 0.3) is 22.3 Å². The second-order valence-corrected chi connectivity index (χ2v) is 15.6. The number of carboxylic acid groups (broad SMARTS) is 1. The summed E-state index contributed by atoms with van der Waals surface area (Å²) in [5, 5.41) is 135. The molecule has 348 valence electrons. The number of esters is 1. The van der Waals surface area contributed by atoms with Gasteiger partial charge in [-0.2, -0.15) is 0 Å². The molecule has 6 rings (SSSR count). The van der Waals surface area contributed by atoms with E-state index in [0.717, 1.165) is 19.1 Å². The molecule has 4 heterocycles. The molecular weight excluding hydrogens is 852 g/mol. The summed E-state index contributed by atoms with van der Waals surface area (Å²) < 4.78 is 45.5. The van der Waals surface area contributed by atoms with Gasteiger partial charge in [0, 0.05) is 17.7 Å². The average molecular weight is 901 g/mol. The van der Waals surface area contributed by atoms with Gasteiger partial charge in [0.05, 0.1) is 31.2 Å². The van der Waals surface area contributed by atoms with E-state index in [4.69, 9.17) is 42.7 Å². The molecule has 2 aromatic carbocycles. The van der Waals surface area contributed by atoms with Gasteiger partial charge in [0.25, 0.3) is 0 Å². The summed E-state index contributed by atoms with van der Waals surface area (Å²) in [7, 11) is 0. The third kappa shape index (κ3) is 10.3.